The Hall–Kier alpha value is -1.77. The van der Waals surface area contributed by atoms with E-state index < -0.39 is 0 Å². The molecule has 3 heteroatoms. The molecule has 0 unspecified atom stereocenters. The van der Waals surface area contributed by atoms with Gasteiger partial charge in [-0.2, -0.15) is 4.98 Å². The zero-order valence-corrected chi connectivity index (χ0v) is 8.56. The standard InChI is InChI=1S/C12H12NO2/c1-2-8-14-12-11(15-9-13-12)10-6-4-3-5-7-10/h3-7H,2,8H2,1H3. The molecule has 1 aromatic carbocycles. The van der Waals surface area contributed by atoms with Crippen molar-refractivity contribution in [2.75, 3.05) is 6.61 Å². The van der Waals surface area contributed by atoms with Gasteiger partial charge in [-0.3, -0.25) is 0 Å². The fourth-order valence-corrected chi connectivity index (χ4v) is 1.27. The van der Waals surface area contributed by atoms with Crippen molar-refractivity contribution in [1.82, 2.24) is 4.98 Å². The highest BCUT2D eigenvalue weighted by molar-refractivity contribution is 5.61. The first-order valence-electron chi connectivity index (χ1n) is 4.97. The number of nitrogens with zero attached hydrogens (tertiary/aromatic N) is 1. The van der Waals surface area contributed by atoms with E-state index in [1.807, 2.05) is 37.3 Å². The third-order valence-corrected chi connectivity index (χ3v) is 1.97. The first-order chi connectivity index (χ1) is 7.42. The minimum Gasteiger partial charge on any atom is -0.475 e. The van der Waals surface area contributed by atoms with Crippen LogP contribution in [0.25, 0.3) is 11.3 Å². The van der Waals surface area contributed by atoms with E-state index >= 15 is 0 Å². The Morgan fingerprint density at radius 1 is 1.33 bits per heavy atom. The maximum atomic E-state index is 5.44. The van der Waals surface area contributed by atoms with Gasteiger partial charge in [0.25, 0.3) is 12.3 Å². The monoisotopic (exact) mass is 202 g/mol. The van der Waals surface area contributed by atoms with Crippen LogP contribution in [0.5, 0.6) is 5.88 Å². The molecule has 1 aromatic heterocycles. The molecule has 0 aliphatic heterocycles. The minimum atomic E-state index is 0.517. The first kappa shape index (κ1) is 9.77. The molecule has 0 aliphatic rings. The molecule has 0 atom stereocenters. The van der Waals surface area contributed by atoms with Crippen LogP contribution in [0.2, 0.25) is 0 Å². The Morgan fingerprint density at radius 3 is 2.87 bits per heavy atom. The van der Waals surface area contributed by atoms with Crippen LogP contribution >= 0.6 is 0 Å². The first-order valence-corrected chi connectivity index (χ1v) is 4.97. The molecule has 0 bridgehead atoms. The van der Waals surface area contributed by atoms with Crippen LogP contribution in [-0.2, 0) is 0 Å². The Labute approximate surface area is 88.7 Å². The summed E-state index contributed by atoms with van der Waals surface area (Å²) < 4.78 is 10.6. The zero-order valence-electron chi connectivity index (χ0n) is 8.56. The summed E-state index contributed by atoms with van der Waals surface area (Å²) in [7, 11) is 0. The van der Waals surface area contributed by atoms with Gasteiger partial charge in [-0.15, -0.1) is 0 Å². The molecule has 0 spiro atoms. The van der Waals surface area contributed by atoms with E-state index in [4.69, 9.17) is 9.15 Å². The van der Waals surface area contributed by atoms with Crippen LogP contribution in [0, 0.1) is 6.39 Å². The highest BCUT2D eigenvalue weighted by Gasteiger charge is 2.11. The van der Waals surface area contributed by atoms with E-state index in [-0.39, 0.29) is 0 Å². The molecule has 1 heterocycles. The summed E-state index contributed by atoms with van der Waals surface area (Å²) in [4.78, 5) is 3.92. The molecule has 0 fully saturated rings. The summed E-state index contributed by atoms with van der Waals surface area (Å²) in [5, 5.41) is 0. The smallest absolute Gasteiger partial charge is 0.287 e. The van der Waals surface area contributed by atoms with Crippen LogP contribution in [0.4, 0.5) is 0 Å². The van der Waals surface area contributed by atoms with Crippen molar-refractivity contribution in [3.8, 4) is 17.2 Å². The van der Waals surface area contributed by atoms with Crippen molar-refractivity contribution in [1.29, 1.82) is 0 Å². The minimum absolute atomic E-state index is 0.517. The second-order valence-corrected chi connectivity index (χ2v) is 3.15. The third kappa shape index (κ3) is 2.18. The summed E-state index contributed by atoms with van der Waals surface area (Å²) in [6.45, 7) is 2.69. The van der Waals surface area contributed by atoms with Gasteiger partial charge < -0.3 is 9.15 Å². The normalized spacial score (nSPS) is 10.2. The summed E-state index contributed by atoms with van der Waals surface area (Å²) in [6, 6.07) is 9.75. The van der Waals surface area contributed by atoms with Crippen molar-refractivity contribution in [3.05, 3.63) is 36.7 Å². The van der Waals surface area contributed by atoms with Gasteiger partial charge in [-0.05, 0) is 6.42 Å². The highest BCUT2D eigenvalue weighted by Crippen LogP contribution is 2.28. The van der Waals surface area contributed by atoms with Crippen LogP contribution in [0.3, 0.4) is 0 Å². The van der Waals surface area contributed by atoms with Crippen molar-refractivity contribution in [2.24, 2.45) is 0 Å². The molecule has 2 aromatic rings. The highest BCUT2D eigenvalue weighted by atomic mass is 16.5. The van der Waals surface area contributed by atoms with E-state index in [1.165, 1.54) is 0 Å². The summed E-state index contributed by atoms with van der Waals surface area (Å²) >= 11 is 0. The lowest BCUT2D eigenvalue weighted by Crippen LogP contribution is -1.96. The Bertz CT molecular complexity index is 409. The van der Waals surface area contributed by atoms with Gasteiger partial charge in [-0.25, -0.2) is 0 Å². The predicted molar refractivity (Wildman–Crippen MR) is 56.6 cm³/mol. The molecular formula is C12H12NO2. The maximum Gasteiger partial charge on any atom is 0.287 e. The van der Waals surface area contributed by atoms with Gasteiger partial charge in [0.05, 0.1) is 6.61 Å². The molecule has 77 valence electrons. The Balaban J connectivity index is 2.25. The SMILES string of the molecule is CCCOc1n[c]oc1-c1ccccc1. The average Bonchev–Trinajstić information content (AvgIpc) is 2.75. The summed E-state index contributed by atoms with van der Waals surface area (Å²) in [5.41, 5.74) is 0.956. The third-order valence-electron chi connectivity index (χ3n) is 1.97. The lowest BCUT2D eigenvalue weighted by molar-refractivity contribution is 0.306. The number of aromatic nitrogens is 1. The largest absolute Gasteiger partial charge is 0.475 e. The predicted octanol–water partition coefficient (Wildman–Crippen LogP) is 2.93. The molecule has 3 nitrogen and oxygen atoms in total. The fraction of sp³-hybridized carbons (Fsp3) is 0.250. The molecule has 0 saturated carbocycles. The second kappa shape index (κ2) is 4.64. The number of oxazole rings is 1. The maximum absolute atomic E-state index is 5.44. The van der Waals surface area contributed by atoms with Crippen LogP contribution < -0.4 is 4.74 Å². The number of benzene rings is 1. The van der Waals surface area contributed by atoms with Crippen LogP contribution in [0.1, 0.15) is 13.3 Å². The van der Waals surface area contributed by atoms with E-state index in [2.05, 4.69) is 11.4 Å². The number of hydrogen-bond acceptors (Lipinski definition) is 3. The van der Waals surface area contributed by atoms with Crippen molar-refractivity contribution in [3.63, 3.8) is 0 Å². The number of hydrogen-bond donors (Lipinski definition) is 0. The number of ether oxygens (including phenoxy) is 1. The second-order valence-electron chi connectivity index (χ2n) is 3.15. The van der Waals surface area contributed by atoms with Crippen LogP contribution in [0.15, 0.2) is 34.7 Å². The molecular weight excluding hydrogens is 190 g/mol. The van der Waals surface area contributed by atoms with Crippen molar-refractivity contribution < 1.29 is 9.15 Å². The fourth-order valence-electron chi connectivity index (χ4n) is 1.27. The van der Waals surface area contributed by atoms with Gasteiger partial charge in [0.2, 0.25) is 0 Å². The lowest BCUT2D eigenvalue weighted by Gasteiger charge is -2.02. The quantitative estimate of drug-likeness (QED) is 0.764. The van der Waals surface area contributed by atoms with E-state index in [1.54, 1.807) is 0 Å². The molecule has 1 radical (unpaired) electrons. The summed E-state index contributed by atoms with van der Waals surface area (Å²) in [5.74, 6) is 1.16. The topological polar surface area (TPSA) is 35.3 Å². The van der Waals surface area contributed by atoms with Crippen LogP contribution in [-0.4, -0.2) is 11.6 Å². The van der Waals surface area contributed by atoms with Gasteiger partial charge in [-0.1, -0.05) is 37.3 Å². The Kier molecular flexibility index (Phi) is 3.02. The van der Waals surface area contributed by atoms with Gasteiger partial charge in [0.15, 0.2) is 5.76 Å². The molecule has 0 amide bonds. The van der Waals surface area contributed by atoms with Gasteiger partial charge in [0, 0.05) is 5.56 Å². The van der Waals surface area contributed by atoms with E-state index in [9.17, 15) is 0 Å². The number of rotatable bonds is 4. The lowest BCUT2D eigenvalue weighted by atomic mass is 10.2. The van der Waals surface area contributed by atoms with Crippen molar-refractivity contribution >= 4 is 0 Å². The van der Waals surface area contributed by atoms with Gasteiger partial charge in [0.1, 0.15) is 0 Å². The molecule has 0 N–H and O–H groups in total. The van der Waals surface area contributed by atoms with Crippen molar-refractivity contribution in [2.45, 2.75) is 13.3 Å². The molecule has 2 rings (SSSR count). The Morgan fingerprint density at radius 2 is 2.13 bits per heavy atom. The molecule has 0 saturated heterocycles. The van der Waals surface area contributed by atoms with E-state index in [0.717, 1.165) is 12.0 Å². The molecule has 15 heavy (non-hydrogen) atoms. The van der Waals surface area contributed by atoms with Gasteiger partial charge >= 0.3 is 0 Å². The average molecular weight is 202 g/mol. The zero-order chi connectivity index (χ0) is 10.5. The van der Waals surface area contributed by atoms with E-state index in [0.29, 0.717) is 18.2 Å². The molecule has 0 aliphatic carbocycles. The summed E-state index contributed by atoms with van der Waals surface area (Å²) in [6.07, 6.45) is 3.40.